The van der Waals surface area contributed by atoms with E-state index in [-0.39, 0.29) is 11.8 Å². The Morgan fingerprint density at radius 3 is 1.16 bits per heavy atom. The zero-order chi connectivity index (χ0) is 31.9. The van der Waals surface area contributed by atoms with Crippen molar-refractivity contribution in [3.05, 3.63) is 120 Å². The number of esters is 2. The van der Waals surface area contributed by atoms with Gasteiger partial charge in [0.25, 0.3) is 0 Å². The number of nitrogens with one attached hydrogen (secondary N) is 2. The van der Waals surface area contributed by atoms with Gasteiger partial charge in [-0.3, -0.25) is 9.59 Å². The van der Waals surface area contributed by atoms with Gasteiger partial charge in [-0.05, 0) is 46.5 Å². The highest BCUT2D eigenvalue weighted by atomic mass is 16.5. The molecule has 0 atom stereocenters. The fourth-order valence-electron chi connectivity index (χ4n) is 4.26. The van der Waals surface area contributed by atoms with E-state index in [9.17, 15) is 19.2 Å². The van der Waals surface area contributed by atoms with Crippen LogP contribution in [0.1, 0.15) is 25.0 Å². The van der Waals surface area contributed by atoms with E-state index in [1.165, 1.54) is 40.2 Å². The first-order chi connectivity index (χ1) is 21.2. The van der Waals surface area contributed by atoms with Gasteiger partial charge in [0, 0.05) is 48.5 Å². The van der Waals surface area contributed by atoms with E-state index >= 15 is 0 Å². The Kier molecular flexibility index (Phi) is 12.4. The lowest BCUT2D eigenvalue weighted by Crippen LogP contribution is -2.07. The first-order valence-corrected chi connectivity index (χ1v) is 13.7. The van der Waals surface area contributed by atoms with Gasteiger partial charge < -0.3 is 20.1 Å². The van der Waals surface area contributed by atoms with E-state index in [0.717, 1.165) is 44.8 Å². The minimum absolute atomic E-state index is 0.130. The Labute approximate surface area is 257 Å². The van der Waals surface area contributed by atoms with E-state index in [4.69, 9.17) is 0 Å². The van der Waals surface area contributed by atoms with Crippen LogP contribution in [0.5, 0.6) is 0 Å². The van der Waals surface area contributed by atoms with Crippen molar-refractivity contribution in [3.8, 4) is 22.3 Å². The lowest BCUT2D eigenvalue weighted by Gasteiger charge is -2.12. The number of para-hydroxylation sites is 2. The summed E-state index contributed by atoms with van der Waals surface area (Å²) >= 11 is 0. The second-order valence-corrected chi connectivity index (χ2v) is 9.34. The average Bonchev–Trinajstić information content (AvgIpc) is 3.03. The van der Waals surface area contributed by atoms with Gasteiger partial charge in [-0.15, -0.1) is 0 Å². The molecule has 0 aliphatic carbocycles. The summed E-state index contributed by atoms with van der Waals surface area (Å²) < 4.78 is 9.22. The molecule has 0 saturated carbocycles. The number of carbonyl (C=O) groups is 4. The maximum absolute atomic E-state index is 11.3. The summed E-state index contributed by atoms with van der Waals surface area (Å²) in [5.41, 5.74) is 6.82. The number of benzene rings is 4. The van der Waals surface area contributed by atoms with Gasteiger partial charge in [-0.25, -0.2) is 9.59 Å². The molecule has 0 spiro atoms. The third-order valence-electron chi connectivity index (χ3n) is 6.18. The van der Waals surface area contributed by atoms with Crippen LogP contribution in [0.25, 0.3) is 34.4 Å². The number of ether oxygens (including phenoxy) is 2. The predicted molar refractivity (Wildman–Crippen MR) is 174 cm³/mol. The Morgan fingerprint density at radius 1 is 0.500 bits per heavy atom. The normalized spacial score (nSPS) is 10.5. The summed E-state index contributed by atoms with van der Waals surface area (Å²) in [7, 11) is 2.68. The van der Waals surface area contributed by atoms with Crippen LogP contribution in [0.15, 0.2) is 109 Å². The van der Waals surface area contributed by atoms with Crippen LogP contribution in [-0.2, 0) is 28.7 Å². The SMILES string of the molecule is COC(=O)/C=C/c1ccccc1-c1ccccc1NC(C)=O.COC(=O)/C=C/c1ccccc1-c1ccccc1NC(C)=O. The molecule has 0 heterocycles. The molecular formula is C36H34N2O6. The number of carbonyl (C=O) groups excluding carboxylic acids is 4. The maximum Gasteiger partial charge on any atom is 0.330 e. The fourth-order valence-corrected chi connectivity index (χ4v) is 4.26. The van der Waals surface area contributed by atoms with Gasteiger partial charge in [0.1, 0.15) is 0 Å². The molecule has 0 unspecified atom stereocenters. The molecule has 4 rings (SSSR count). The minimum atomic E-state index is -0.412. The highest BCUT2D eigenvalue weighted by Crippen LogP contribution is 2.32. The molecule has 8 heteroatoms. The van der Waals surface area contributed by atoms with Crippen LogP contribution in [0.3, 0.4) is 0 Å². The Bertz CT molecular complexity index is 1560. The van der Waals surface area contributed by atoms with Gasteiger partial charge in [0.15, 0.2) is 0 Å². The summed E-state index contributed by atoms with van der Waals surface area (Å²) in [6, 6.07) is 30.4. The molecule has 44 heavy (non-hydrogen) atoms. The number of methoxy groups -OCH3 is 2. The lowest BCUT2D eigenvalue weighted by molar-refractivity contribution is -0.135. The second-order valence-electron chi connectivity index (χ2n) is 9.34. The zero-order valence-corrected chi connectivity index (χ0v) is 25.0. The molecule has 0 aromatic heterocycles. The molecule has 224 valence electrons. The van der Waals surface area contributed by atoms with Crippen molar-refractivity contribution in [3.63, 3.8) is 0 Å². The van der Waals surface area contributed by atoms with E-state index < -0.39 is 11.9 Å². The summed E-state index contributed by atoms with van der Waals surface area (Å²) in [6.07, 6.45) is 6.15. The van der Waals surface area contributed by atoms with Crippen molar-refractivity contribution in [1.29, 1.82) is 0 Å². The van der Waals surface area contributed by atoms with Crippen LogP contribution in [0.4, 0.5) is 11.4 Å². The molecule has 8 nitrogen and oxygen atoms in total. The fraction of sp³-hybridized carbons (Fsp3) is 0.111. The highest BCUT2D eigenvalue weighted by Gasteiger charge is 2.10. The van der Waals surface area contributed by atoms with E-state index in [0.29, 0.717) is 0 Å². The van der Waals surface area contributed by atoms with Crippen molar-refractivity contribution in [2.75, 3.05) is 24.9 Å². The van der Waals surface area contributed by atoms with E-state index in [1.807, 2.05) is 97.1 Å². The molecular weight excluding hydrogens is 556 g/mol. The van der Waals surface area contributed by atoms with Gasteiger partial charge in [0.2, 0.25) is 11.8 Å². The number of anilines is 2. The summed E-state index contributed by atoms with van der Waals surface area (Å²) in [5, 5.41) is 5.64. The standard InChI is InChI=1S/2C18H17NO3/c2*1-13(20)19-17-10-6-5-9-16(17)15-8-4-3-7-14(15)11-12-18(21)22-2/h2*3-12H,1-2H3,(H,19,20)/b2*12-11+. The summed E-state index contributed by atoms with van der Waals surface area (Å²) in [4.78, 5) is 45.3. The molecule has 4 aromatic carbocycles. The van der Waals surface area contributed by atoms with Crippen molar-refractivity contribution in [2.24, 2.45) is 0 Å². The number of hydrogen-bond acceptors (Lipinski definition) is 6. The van der Waals surface area contributed by atoms with Gasteiger partial charge in [-0.1, -0.05) is 84.9 Å². The number of hydrogen-bond donors (Lipinski definition) is 2. The molecule has 0 aliphatic rings. The van der Waals surface area contributed by atoms with E-state index in [2.05, 4.69) is 20.1 Å². The lowest BCUT2D eigenvalue weighted by atomic mass is 9.97. The minimum Gasteiger partial charge on any atom is -0.466 e. The van der Waals surface area contributed by atoms with Crippen molar-refractivity contribution in [1.82, 2.24) is 0 Å². The van der Waals surface area contributed by atoms with Crippen LogP contribution >= 0.6 is 0 Å². The molecule has 0 saturated heterocycles. The Balaban J connectivity index is 0.000000240. The Morgan fingerprint density at radius 2 is 0.818 bits per heavy atom. The van der Waals surface area contributed by atoms with Crippen LogP contribution in [0.2, 0.25) is 0 Å². The number of rotatable bonds is 8. The Hall–Kier alpha value is -5.76. The zero-order valence-electron chi connectivity index (χ0n) is 25.0. The monoisotopic (exact) mass is 590 g/mol. The molecule has 0 radical (unpaired) electrons. The van der Waals surface area contributed by atoms with Crippen LogP contribution in [-0.4, -0.2) is 38.0 Å². The van der Waals surface area contributed by atoms with Crippen molar-refractivity contribution in [2.45, 2.75) is 13.8 Å². The van der Waals surface area contributed by atoms with Gasteiger partial charge in [0.05, 0.1) is 14.2 Å². The predicted octanol–water partition coefficient (Wildman–Crippen LogP) is 7.00. The third-order valence-corrected chi connectivity index (χ3v) is 6.18. The van der Waals surface area contributed by atoms with Crippen molar-refractivity contribution >= 4 is 47.3 Å². The molecule has 4 aromatic rings. The molecule has 0 fully saturated rings. The largest absolute Gasteiger partial charge is 0.466 e. The molecule has 2 N–H and O–H groups in total. The summed E-state index contributed by atoms with van der Waals surface area (Å²) in [5.74, 6) is -1.08. The molecule has 0 bridgehead atoms. The van der Waals surface area contributed by atoms with Gasteiger partial charge >= 0.3 is 11.9 Å². The molecule has 0 aliphatic heterocycles. The first kappa shape index (κ1) is 32.8. The maximum atomic E-state index is 11.3. The van der Waals surface area contributed by atoms with Gasteiger partial charge in [-0.2, -0.15) is 0 Å². The highest BCUT2D eigenvalue weighted by molar-refractivity contribution is 5.97. The van der Waals surface area contributed by atoms with Crippen LogP contribution in [0, 0.1) is 0 Å². The molecule has 2 amide bonds. The first-order valence-electron chi connectivity index (χ1n) is 13.7. The second kappa shape index (κ2) is 16.6. The number of amides is 2. The average molecular weight is 591 g/mol. The smallest absolute Gasteiger partial charge is 0.330 e. The quantitative estimate of drug-likeness (QED) is 0.169. The topological polar surface area (TPSA) is 111 Å². The van der Waals surface area contributed by atoms with Crippen LogP contribution < -0.4 is 10.6 Å². The van der Waals surface area contributed by atoms with Crippen molar-refractivity contribution < 1.29 is 28.7 Å². The third kappa shape index (κ3) is 9.66. The summed E-state index contributed by atoms with van der Waals surface area (Å²) in [6.45, 7) is 2.94. The van der Waals surface area contributed by atoms with E-state index in [1.54, 1.807) is 12.2 Å².